The van der Waals surface area contributed by atoms with Gasteiger partial charge in [0.1, 0.15) is 11.9 Å². The topological polar surface area (TPSA) is 74.6 Å². The van der Waals surface area contributed by atoms with Crippen molar-refractivity contribution < 1.29 is 19.8 Å². The summed E-state index contributed by atoms with van der Waals surface area (Å²) < 4.78 is 0. The molecule has 2 N–H and O–H groups in total. The van der Waals surface area contributed by atoms with Gasteiger partial charge >= 0.3 is 0 Å². The van der Waals surface area contributed by atoms with E-state index < -0.39 is 12.7 Å². The highest BCUT2D eigenvalue weighted by Crippen LogP contribution is 2.48. The summed E-state index contributed by atoms with van der Waals surface area (Å²) in [6, 6.07) is 0. The summed E-state index contributed by atoms with van der Waals surface area (Å²) in [5.74, 6) is 0.436. The van der Waals surface area contributed by atoms with Crippen molar-refractivity contribution in [2.24, 2.45) is 17.3 Å². The van der Waals surface area contributed by atoms with E-state index in [4.69, 9.17) is 5.11 Å². The van der Waals surface area contributed by atoms with E-state index in [1.807, 2.05) is 12.2 Å². The van der Waals surface area contributed by atoms with E-state index in [2.05, 4.69) is 19.1 Å². The van der Waals surface area contributed by atoms with E-state index >= 15 is 0 Å². The Kier molecular flexibility index (Phi) is 9.60. The summed E-state index contributed by atoms with van der Waals surface area (Å²) in [6.07, 6.45) is 19.6. The maximum absolute atomic E-state index is 12.3. The molecule has 158 valence electrons. The van der Waals surface area contributed by atoms with Crippen molar-refractivity contribution >= 4 is 11.6 Å². The molecule has 0 aromatic carbocycles. The van der Waals surface area contributed by atoms with Crippen molar-refractivity contribution in [1.29, 1.82) is 0 Å². The molecule has 3 atom stereocenters. The molecule has 2 aliphatic rings. The van der Waals surface area contributed by atoms with Gasteiger partial charge in [0.05, 0.1) is 6.61 Å². The van der Waals surface area contributed by atoms with Crippen LogP contribution in [0.15, 0.2) is 24.3 Å². The standard InChI is InChI=1S/C24H38O4/c1-2-3-14-24(16-8-17-24)15-7-9-19-12-13-21(26)20(19)10-5-4-6-11-22(27)23(28)18-25/h4-5,7,9,19-20,23,25,28H,2-3,6,8,10-18H2,1H3/t19-,20+,23?/m0/s1. The Hall–Kier alpha value is -1.26. The number of carbonyl (C=O) groups is 2. The highest BCUT2D eigenvalue weighted by molar-refractivity contribution is 5.84. The molecule has 28 heavy (non-hydrogen) atoms. The first-order chi connectivity index (χ1) is 13.5. The third-order valence-electron chi connectivity index (χ3n) is 6.72. The molecular weight excluding hydrogens is 352 g/mol. The number of carbonyl (C=O) groups excluding carboxylic acids is 2. The molecule has 0 bridgehead atoms. The molecule has 0 saturated heterocycles. The molecular formula is C24H38O4. The highest BCUT2D eigenvalue weighted by atomic mass is 16.3. The van der Waals surface area contributed by atoms with Crippen molar-refractivity contribution in [3.8, 4) is 0 Å². The molecule has 4 heteroatoms. The average molecular weight is 391 g/mol. The van der Waals surface area contributed by atoms with Gasteiger partial charge in [-0.25, -0.2) is 0 Å². The van der Waals surface area contributed by atoms with Crippen LogP contribution in [0.4, 0.5) is 0 Å². The number of aliphatic hydroxyl groups excluding tert-OH is 2. The van der Waals surface area contributed by atoms with E-state index in [1.54, 1.807) is 0 Å². The molecule has 2 aliphatic carbocycles. The fourth-order valence-corrected chi connectivity index (χ4v) is 4.60. The summed E-state index contributed by atoms with van der Waals surface area (Å²) in [7, 11) is 0. The molecule has 0 aliphatic heterocycles. The molecule has 0 heterocycles. The maximum Gasteiger partial charge on any atom is 0.163 e. The van der Waals surface area contributed by atoms with E-state index in [-0.39, 0.29) is 18.1 Å². The molecule has 0 spiro atoms. The fraction of sp³-hybridized carbons (Fsp3) is 0.750. The summed E-state index contributed by atoms with van der Waals surface area (Å²) in [5, 5.41) is 18.0. The lowest BCUT2D eigenvalue weighted by Crippen LogP contribution is -2.28. The Morgan fingerprint density at radius 3 is 2.71 bits per heavy atom. The maximum atomic E-state index is 12.3. The van der Waals surface area contributed by atoms with Crippen molar-refractivity contribution in [3.63, 3.8) is 0 Å². The second-order valence-electron chi connectivity index (χ2n) is 8.78. The first-order valence-electron chi connectivity index (χ1n) is 11.2. The van der Waals surface area contributed by atoms with Gasteiger partial charge in [-0.15, -0.1) is 0 Å². The summed E-state index contributed by atoms with van der Waals surface area (Å²) in [6.45, 7) is 1.74. The van der Waals surface area contributed by atoms with Crippen molar-refractivity contribution in [3.05, 3.63) is 24.3 Å². The van der Waals surface area contributed by atoms with Crippen LogP contribution in [0, 0.1) is 17.3 Å². The van der Waals surface area contributed by atoms with Gasteiger partial charge in [0.2, 0.25) is 0 Å². The van der Waals surface area contributed by atoms with Gasteiger partial charge in [-0.2, -0.15) is 0 Å². The third kappa shape index (κ3) is 6.66. The van der Waals surface area contributed by atoms with E-state index in [0.717, 1.165) is 19.3 Å². The van der Waals surface area contributed by atoms with Crippen LogP contribution in [-0.4, -0.2) is 34.5 Å². The van der Waals surface area contributed by atoms with Crippen LogP contribution in [0.5, 0.6) is 0 Å². The molecule has 0 aromatic rings. The average Bonchev–Trinajstić information content (AvgIpc) is 3.01. The summed E-state index contributed by atoms with van der Waals surface area (Å²) >= 11 is 0. The zero-order chi connectivity index (χ0) is 20.4. The quantitative estimate of drug-likeness (QED) is 0.453. The Labute approximate surface area is 170 Å². The third-order valence-corrected chi connectivity index (χ3v) is 6.72. The lowest BCUT2D eigenvalue weighted by Gasteiger charge is -2.41. The predicted molar refractivity (Wildman–Crippen MR) is 112 cm³/mol. The smallest absolute Gasteiger partial charge is 0.163 e. The SMILES string of the molecule is CCCCC1(CC=C[C@H]2CCC(=O)[C@@H]2CC=CCCC(=O)C(O)CO)CCC1. The normalized spacial score (nSPS) is 25.5. The minimum atomic E-state index is -1.27. The van der Waals surface area contributed by atoms with Crippen LogP contribution in [0.1, 0.15) is 84.0 Å². The Bertz CT molecular complexity index is 559. The minimum Gasteiger partial charge on any atom is -0.393 e. The number of allylic oxidation sites excluding steroid dienone is 4. The van der Waals surface area contributed by atoms with Crippen molar-refractivity contribution in [1.82, 2.24) is 0 Å². The number of Topliss-reactive ketones (excluding diaryl/α,β-unsaturated/α-hetero) is 2. The van der Waals surface area contributed by atoms with Crippen LogP contribution < -0.4 is 0 Å². The molecule has 4 nitrogen and oxygen atoms in total. The number of unbranched alkanes of at least 4 members (excludes halogenated alkanes) is 1. The lowest BCUT2D eigenvalue weighted by molar-refractivity contribution is -0.128. The van der Waals surface area contributed by atoms with Crippen LogP contribution in [0.2, 0.25) is 0 Å². The highest BCUT2D eigenvalue weighted by Gasteiger charge is 2.35. The predicted octanol–water partition coefficient (Wildman–Crippen LogP) is 4.54. The van der Waals surface area contributed by atoms with Crippen molar-refractivity contribution in [2.45, 2.75) is 90.1 Å². The summed E-state index contributed by atoms with van der Waals surface area (Å²) in [5.41, 5.74) is 0.538. The van der Waals surface area contributed by atoms with Crippen LogP contribution >= 0.6 is 0 Å². The molecule has 0 amide bonds. The fourth-order valence-electron chi connectivity index (χ4n) is 4.60. The Balaban J connectivity index is 1.77. The summed E-state index contributed by atoms with van der Waals surface area (Å²) in [4.78, 5) is 23.8. The number of hydrogen-bond donors (Lipinski definition) is 2. The number of rotatable bonds is 13. The zero-order valence-electron chi connectivity index (χ0n) is 17.4. The minimum absolute atomic E-state index is 0.0687. The first kappa shape index (κ1) is 23.0. The van der Waals surface area contributed by atoms with Crippen LogP contribution in [0.25, 0.3) is 0 Å². The van der Waals surface area contributed by atoms with Gasteiger partial charge in [-0.1, -0.05) is 50.5 Å². The van der Waals surface area contributed by atoms with Crippen LogP contribution in [0.3, 0.4) is 0 Å². The number of aliphatic hydroxyl groups is 2. The van der Waals surface area contributed by atoms with Gasteiger partial charge in [0, 0.05) is 18.8 Å². The van der Waals surface area contributed by atoms with E-state index in [0.29, 0.717) is 30.0 Å². The largest absolute Gasteiger partial charge is 0.393 e. The second-order valence-corrected chi connectivity index (χ2v) is 8.78. The van der Waals surface area contributed by atoms with Crippen LogP contribution in [-0.2, 0) is 9.59 Å². The number of ketones is 2. The zero-order valence-corrected chi connectivity index (χ0v) is 17.4. The van der Waals surface area contributed by atoms with E-state index in [1.165, 1.54) is 38.5 Å². The molecule has 0 aromatic heterocycles. The first-order valence-corrected chi connectivity index (χ1v) is 11.2. The Morgan fingerprint density at radius 1 is 1.29 bits per heavy atom. The van der Waals surface area contributed by atoms with Gasteiger partial charge in [0.15, 0.2) is 5.78 Å². The van der Waals surface area contributed by atoms with Gasteiger partial charge in [-0.05, 0) is 56.3 Å². The monoisotopic (exact) mass is 390 g/mol. The van der Waals surface area contributed by atoms with Crippen molar-refractivity contribution in [2.75, 3.05) is 6.61 Å². The van der Waals surface area contributed by atoms with Gasteiger partial charge < -0.3 is 10.2 Å². The Morgan fingerprint density at radius 2 is 2.07 bits per heavy atom. The number of hydrogen-bond acceptors (Lipinski definition) is 4. The molecule has 2 rings (SSSR count). The van der Waals surface area contributed by atoms with Gasteiger partial charge in [-0.3, -0.25) is 9.59 Å². The molecule has 0 radical (unpaired) electrons. The van der Waals surface area contributed by atoms with Gasteiger partial charge in [0.25, 0.3) is 0 Å². The molecule has 2 fully saturated rings. The second kappa shape index (κ2) is 11.7. The lowest BCUT2D eigenvalue weighted by atomic mass is 9.64. The molecule has 1 unspecified atom stereocenters. The van der Waals surface area contributed by atoms with E-state index in [9.17, 15) is 14.7 Å². The molecule has 2 saturated carbocycles.